The maximum absolute atomic E-state index is 11.7. The predicted molar refractivity (Wildman–Crippen MR) is 114 cm³/mol. The third-order valence-corrected chi connectivity index (χ3v) is 7.71. The Labute approximate surface area is 174 Å². The van der Waals surface area contributed by atoms with Gasteiger partial charge in [-0.1, -0.05) is 32.4 Å². The number of carbonyl (C=O) groups excluding carboxylic acids is 2. The Balaban J connectivity index is 2.02. The number of hydrogen-bond donors (Lipinski definition) is 0. The molecule has 0 aliphatic heterocycles. The van der Waals surface area contributed by atoms with Crippen LogP contribution in [0.1, 0.15) is 72.8 Å². The normalized spacial score (nSPS) is 31.4. The Kier molecular flexibility index (Phi) is 5.93. The van der Waals surface area contributed by atoms with E-state index in [-0.39, 0.29) is 22.8 Å². The van der Waals surface area contributed by atoms with E-state index in [1.807, 2.05) is 6.07 Å². The molecule has 0 aromatic heterocycles. The molecule has 1 fully saturated rings. The van der Waals surface area contributed by atoms with Crippen LogP contribution in [-0.4, -0.2) is 11.9 Å². The number of fused-ring (bicyclic) bond motifs is 1. The first kappa shape index (κ1) is 21.6. The van der Waals surface area contributed by atoms with Crippen LogP contribution in [0.5, 0.6) is 11.5 Å². The standard InChI is InChI=1S/C25H34O4/c1-16-8-7-9-23-24(16,5)13-12-17(2)25(23,6)15-20-14-21(28-18(3)26)10-11-22(20)29-19(4)27/h8,10-11,14,17,23H,7,9,12-13,15H2,1-6H3/t17-,23+,24+,25+/m0/s1. The average Bonchev–Trinajstić information content (AvgIpc) is 2.62. The molecule has 3 rings (SSSR count). The van der Waals surface area contributed by atoms with Gasteiger partial charge in [0.15, 0.2) is 0 Å². The van der Waals surface area contributed by atoms with Crippen LogP contribution in [0.15, 0.2) is 29.8 Å². The van der Waals surface area contributed by atoms with Gasteiger partial charge >= 0.3 is 11.9 Å². The third-order valence-electron chi connectivity index (χ3n) is 7.71. The van der Waals surface area contributed by atoms with E-state index in [1.165, 1.54) is 38.7 Å². The minimum absolute atomic E-state index is 0.0618. The van der Waals surface area contributed by atoms with E-state index in [0.29, 0.717) is 23.3 Å². The topological polar surface area (TPSA) is 52.6 Å². The first-order valence-corrected chi connectivity index (χ1v) is 10.7. The zero-order valence-corrected chi connectivity index (χ0v) is 18.6. The Hall–Kier alpha value is -2.10. The van der Waals surface area contributed by atoms with Crippen LogP contribution in [-0.2, 0) is 16.0 Å². The fourth-order valence-corrected chi connectivity index (χ4v) is 5.80. The van der Waals surface area contributed by atoms with Crippen LogP contribution >= 0.6 is 0 Å². The fraction of sp³-hybridized carbons (Fsp3) is 0.600. The van der Waals surface area contributed by atoms with E-state index in [4.69, 9.17) is 9.47 Å². The van der Waals surface area contributed by atoms with E-state index in [9.17, 15) is 9.59 Å². The maximum Gasteiger partial charge on any atom is 0.308 e. The average molecular weight is 399 g/mol. The van der Waals surface area contributed by atoms with Crippen LogP contribution in [0.2, 0.25) is 0 Å². The van der Waals surface area contributed by atoms with Gasteiger partial charge in [0.25, 0.3) is 0 Å². The molecule has 1 aromatic rings. The lowest BCUT2D eigenvalue weighted by Gasteiger charge is -2.58. The summed E-state index contributed by atoms with van der Waals surface area (Å²) in [6, 6.07) is 5.31. The lowest BCUT2D eigenvalue weighted by molar-refractivity contribution is -0.133. The van der Waals surface area contributed by atoms with Gasteiger partial charge in [0.05, 0.1) is 0 Å². The first-order chi connectivity index (χ1) is 13.6. The Morgan fingerprint density at radius 3 is 2.45 bits per heavy atom. The van der Waals surface area contributed by atoms with E-state index in [2.05, 4.69) is 33.8 Å². The van der Waals surface area contributed by atoms with Gasteiger partial charge in [0.2, 0.25) is 0 Å². The summed E-state index contributed by atoms with van der Waals surface area (Å²) in [7, 11) is 0. The highest BCUT2D eigenvalue weighted by Crippen LogP contribution is 2.61. The second kappa shape index (κ2) is 7.97. The summed E-state index contributed by atoms with van der Waals surface area (Å²) in [5, 5.41) is 0. The molecule has 0 saturated heterocycles. The Morgan fingerprint density at radius 1 is 1.10 bits per heavy atom. The number of benzene rings is 1. The van der Waals surface area contributed by atoms with Crippen molar-refractivity contribution in [3.8, 4) is 11.5 Å². The van der Waals surface area contributed by atoms with Gasteiger partial charge in [-0.25, -0.2) is 0 Å². The lowest BCUT2D eigenvalue weighted by atomic mass is 9.47. The molecule has 0 radical (unpaired) electrons. The second-order valence-corrected chi connectivity index (χ2v) is 9.51. The molecule has 29 heavy (non-hydrogen) atoms. The fourth-order valence-electron chi connectivity index (χ4n) is 5.80. The van der Waals surface area contributed by atoms with Crippen molar-refractivity contribution >= 4 is 11.9 Å². The van der Waals surface area contributed by atoms with Crippen LogP contribution in [0, 0.1) is 22.7 Å². The molecule has 2 aliphatic rings. The molecule has 4 atom stereocenters. The number of hydrogen-bond acceptors (Lipinski definition) is 4. The number of carbonyl (C=O) groups is 2. The van der Waals surface area contributed by atoms with Gasteiger partial charge in [0, 0.05) is 13.8 Å². The third kappa shape index (κ3) is 4.12. The minimum Gasteiger partial charge on any atom is -0.427 e. The first-order valence-electron chi connectivity index (χ1n) is 10.7. The predicted octanol–water partition coefficient (Wildman–Crippen LogP) is 5.88. The summed E-state index contributed by atoms with van der Waals surface area (Å²) in [5.41, 5.74) is 2.73. The molecular weight excluding hydrogens is 364 g/mol. The molecule has 0 amide bonds. The quantitative estimate of drug-likeness (QED) is 0.361. The molecule has 0 bridgehead atoms. The van der Waals surface area contributed by atoms with Crippen LogP contribution in [0.3, 0.4) is 0 Å². The van der Waals surface area contributed by atoms with Crippen LogP contribution < -0.4 is 9.47 Å². The van der Waals surface area contributed by atoms with E-state index < -0.39 is 0 Å². The lowest BCUT2D eigenvalue weighted by Crippen LogP contribution is -2.50. The molecular formula is C25H34O4. The second-order valence-electron chi connectivity index (χ2n) is 9.51. The SMILES string of the molecule is CC(=O)Oc1ccc(OC(C)=O)c(C[C@]2(C)[C@@H](C)CC[C@]3(C)C(C)=CCC[C@@H]23)c1. The molecule has 158 valence electrons. The van der Waals surface area contributed by atoms with Crippen molar-refractivity contribution in [2.75, 3.05) is 0 Å². The van der Waals surface area contributed by atoms with Crippen molar-refractivity contribution in [3.05, 3.63) is 35.4 Å². The van der Waals surface area contributed by atoms with E-state index >= 15 is 0 Å². The van der Waals surface area contributed by atoms with Gasteiger partial charge in [-0.05, 0) is 85.5 Å². The van der Waals surface area contributed by atoms with E-state index in [1.54, 1.807) is 12.1 Å². The molecule has 4 heteroatoms. The highest BCUT2D eigenvalue weighted by atomic mass is 16.5. The Morgan fingerprint density at radius 2 is 1.79 bits per heavy atom. The van der Waals surface area contributed by atoms with Crippen LogP contribution in [0.4, 0.5) is 0 Å². The maximum atomic E-state index is 11.7. The number of ether oxygens (including phenoxy) is 2. The van der Waals surface area contributed by atoms with Gasteiger partial charge in [-0.3, -0.25) is 9.59 Å². The van der Waals surface area contributed by atoms with Gasteiger partial charge in [0.1, 0.15) is 11.5 Å². The summed E-state index contributed by atoms with van der Waals surface area (Å²) in [6.07, 6.45) is 7.92. The summed E-state index contributed by atoms with van der Waals surface area (Å²) in [6.45, 7) is 12.3. The number of rotatable bonds is 4. The highest BCUT2D eigenvalue weighted by molar-refractivity contribution is 5.71. The molecule has 0 heterocycles. The highest BCUT2D eigenvalue weighted by Gasteiger charge is 2.53. The van der Waals surface area contributed by atoms with Crippen molar-refractivity contribution in [1.29, 1.82) is 0 Å². The van der Waals surface area contributed by atoms with Gasteiger partial charge < -0.3 is 9.47 Å². The van der Waals surface area contributed by atoms with Crippen molar-refractivity contribution < 1.29 is 19.1 Å². The van der Waals surface area contributed by atoms with E-state index in [0.717, 1.165) is 18.4 Å². The van der Waals surface area contributed by atoms with Crippen molar-refractivity contribution in [2.45, 2.75) is 73.6 Å². The largest absolute Gasteiger partial charge is 0.427 e. The smallest absolute Gasteiger partial charge is 0.308 e. The summed E-state index contributed by atoms with van der Waals surface area (Å²) in [5.74, 6) is 1.49. The summed E-state index contributed by atoms with van der Waals surface area (Å²) in [4.78, 5) is 23.1. The molecule has 0 unspecified atom stereocenters. The number of esters is 2. The molecule has 4 nitrogen and oxygen atoms in total. The minimum atomic E-state index is -0.353. The molecule has 0 spiro atoms. The van der Waals surface area contributed by atoms with Crippen molar-refractivity contribution in [2.24, 2.45) is 22.7 Å². The molecule has 0 N–H and O–H groups in total. The summed E-state index contributed by atoms with van der Waals surface area (Å²) < 4.78 is 10.8. The summed E-state index contributed by atoms with van der Waals surface area (Å²) >= 11 is 0. The molecule has 2 aliphatic carbocycles. The van der Waals surface area contributed by atoms with Crippen molar-refractivity contribution in [1.82, 2.24) is 0 Å². The van der Waals surface area contributed by atoms with Crippen molar-refractivity contribution in [3.63, 3.8) is 0 Å². The zero-order chi connectivity index (χ0) is 21.4. The molecule has 1 aromatic carbocycles. The molecule has 1 saturated carbocycles. The van der Waals surface area contributed by atoms with Gasteiger partial charge in [-0.2, -0.15) is 0 Å². The zero-order valence-electron chi connectivity index (χ0n) is 18.6. The Bertz CT molecular complexity index is 839. The van der Waals surface area contributed by atoms with Crippen LogP contribution in [0.25, 0.3) is 0 Å². The number of allylic oxidation sites excluding steroid dienone is 2. The van der Waals surface area contributed by atoms with Gasteiger partial charge in [-0.15, -0.1) is 0 Å². The monoisotopic (exact) mass is 398 g/mol.